The first-order valence-electron chi connectivity index (χ1n) is 5.82. The van der Waals surface area contributed by atoms with Crippen molar-refractivity contribution in [3.63, 3.8) is 0 Å². The third-order valence-electron chi connectivity index (χ3n) is 2.61. The predicted molar refractivity (Wildman–Crippen MR) is 75.4 cm³/mol. The molecule has 0 fully saturated rings. The summed E-state index contributed by atoms with van der Waals surface area (Å²) < 4.78 is 31.4. The Balaban J connectivity index is 3.32. The largest absolute Gasteiger partial charge is 0.465 e. The van der Waals surface area contributed by atoms with Gasteiger partial charge in [-0.2, -0.15) is 4.72 Å². The Bertz CT molecular complexity index is 647. The zero-order valence-corrected chi connectivity index (χ0v) is 12.0. The van der Waals surface area contributed by atoms with Gasteiger partial charge in [-0.15, -0.1) is 6.42 Å². The molecule has 0 aliphatic rings. The molecule has 0 bridgehead atoms. The van der Waals surface area contributed by atoms with E-state index in [1.807, 2.05) is 0 Å². The molecule has 0 spiro atoms. The number of nitrogens with one attached hydrogen (secondary N) is 1. The van der Waals surface area contributed by atoms with Gasteiger partial charge < -0.3 is 10.5 Å². The lowest BCUT2D eigenvalue weighted by Gasteiger charge is -2.14. The molecule has 6 nitrogen and oxygen atoms in total. The van der Waals surface area contributed by atoms with Crippen molar-refractivity contribution in [1.29, 1.82) is 0 Å². The van der Waals surface area contributed by atoms with Crippen molar-refractivity contribution in [3.05, 3.63) is 23.8 Å². The van der Waals surface area contributed by atoms with Gasteiger partial charge in [0.2, 0.25) is 10.0 Å². The van der Waals surface area contributed by atoms with E-state index in [1.54, 1.807) is 6.92 Å². The number of esters is 1. The van der Waals surface area contributed by atoms with Crippen LogP contribution in [0.25, 0.3) is 0 Å². The molecule has 0 amide bonds. The van der Waals surface area contributed by atoms with Crippen molar-refractivity contribution in [1.82, 2.24) is 4.72 Å². The maximum atomic E-state index is 12.3. The second-order valence-corrected chi connectivity index (χ2v) is 5.68. The van der Waals surface area contributed by atoms with E-state index in [1.165, 1.54) is 18.2 Å². The van der Waals surface area contributed by atoms with Crippen LogP contribution in [-0.4, -0.2) is 27.5 Å². The van der Waals surface area contributed by atoms with E-state index in [9.17, 15) is 13.2 Å². The summed E-state index contributed by atoms with van der Waals surface area (Å²) in [5.74, 6) is 1.53. The van der Waals surface area contributed by atoms with Crippen LogP contribution in [0.1, 0.15) is 23.7 Å². The highest BCUT2D eigenvalue weighted by molar-refractivity contribution is 7.89. The number of methoxy groups -OCH3 is 1. The van der Waals surface area contributed by atoms with Gasteiger partial charge in [-0.05, 0) is 24.6 Å². The SMILES string of the molecule is C#CC(CC)NS(=O)(=O)c1ccc(N)cc1C(=O)OC. The minimum atomic E-state index is -3.94. The third kappa shape index (κ3) is 3.50. The summed E-state index contributed by atoms with van der Waals surface area (Å²) >= 11 is 0. The molecule has 0 saturated carbocycles. The molecule has 0 aromatic heterocycles. The maximum Gasteiger partial charge on any atom is 0.339 e. The van der Waals surface area contributed by atoms with Gasteiger partial charge >= 0.3 is 5.97 Å². The molecule has 1 aromatic rings. The molecule has 1 atom stereocenters. The Morgan fingerprint density at radius 2 is 2.20 bits per heavy atom. The van der Waals surface area contributed by atoms with Crippen LogP contribution in [0.3, 0.4) is 0 Å². The zero-order valence-electron chi connectivity index (χ0n) is 11.2. The van der Waals surface area contributed by atoms with Gasteiger partial charge in [0.15, 0.2) is 0 Å². The molecule has 0 saturated heterocycles. The van der Waals surface area contributed by atoms with Gasteiger partial charge in [-0.25, -0.2) is 13.2 Å². The smallest absolute Gasteiger partial charge is 0.339 e. The second-order valence-electron chi connectivity index (χ2n) is 4.00. The molecule has 1 aromatic carbocycles. The maximum absolute atomic E-state index is 12.3. The van der Waals surface area contributed by atoms with Gasteiger partial charge in [0.1, 0.15) is 0 Å². The van der Waals surface area contributed by atoms with Gasteiger partial charge in [0.05, 0.1) is 23.6 Å². The van der Waals surface area contributed by atoms with Crippen LogP contribution in [0.2, 0.25) is 0 Å². The number of hydrogen-bond acceptors (Lipinski definition) is 5. The highest BCUT2D eigenvalue weighted by Gasteiger charge is 2.25. The molecule has 1 unspecified atom stereocenters. The number of hydrogen-bond donors (Lipinski definition) is 2. The number of terminal acetylenes is 1. The van der Waals surface area contributed by atoms with Crippen molar-refractivity contribution in [2.24, 2.45) is 0 Å². The summed E-state index contributed by atoms with van der Waals surface area (Å²) in [5, 5.41) is 0. The van der Waals surface area contributed by atoms with Gasteiger partial charge in [-0.3, -0.25) is 0 Å². The fraction of sp³-hybridized carbons (Fsp3) is 0.308. The summed E-state index contributed by atoms with van der Waals surface area (Å²) in [6, 6.07) is 3.23. The minimum absolute atomic E-state index is 0.133. The average molecular weight is 296 g/mol. The van der Waals surface area contributed by atoms with E-state index < -0.39 is 22.0 Å². The molecule has 1 rings (SSSR count). The fourth-order valence-corrected chi connectivity index (χ4v) is 2.95. The van der Waals surface area contributed by atoms with Crippen molar-refractivity contribution >= 4 is 21.7 Å². The van der Waals surface area contributed by atoms with E-state index in [2.05, 4.69) is 15.4 Å². The molecule has 7 heteroatoms. The molecule has 0 radical (unpaired) electrons. The van der Waals surface area contributed by atoms with Crippen LogP contribution in [0.15, 0.2) is 23.1 Å². The number of anilines is 1. The Kier molecular flexibility index (Phi) is 5.13. The summed E-state index contributed by atoms with van der Waals surface area (Å²) in [5.41, 5.74) is 5.69. The monoisotopic (exact) mass is 296 g/mol. The lowest BCUT2D eigenvalue weighted by atomic mass is 10.2. The lowest BCUT2D eigenvalue weighted by molar-refractivity contribution is 0.0596. The highest BCUT2D eigenvalue weighted by atomic mass is 32.2. The number of carbonyl (C=O) groups excluding carboxylic acids is 1. The Morgan fingerprint density at radius 1 is 1.55 bits per heavy atom. The Labute approximate surface area is 118 Å². The van der Waals surface area contributed by atoms with Crippen molar-refractivity contribution in [2.75, 3.05) is 12.8 Å². The molecule has 0 aliphatic heterocycles. The summed E-state index contributed by atoms with van der Waals surface area (Å²) in [4.78, 5) is 11.4. The summed E-state index contributed by atoms with van der Waals surface area (Å²) in [6.45, 7) is 1.75. The van der Waals surface area contributed by atoms with Crippen molar-refractivity contribution < 1.29 is 17.9 Å². The number of nitrogen functional groups attached to an aromatic ring is 1. The van der Waals surface area contributed by atoms with Gasteiger partial charge in [-0.1, -0.05) is 12.8 Å². The number of rotatable bonds is 5. The first-order valence-corrected chi connectivity index (χ1v) is 7.30. The van der Waals surface area contributed by atoms with E-state index >= 15 is 0 Å². The molecule has 0 aliphatic carbocycles. The van der Waals surface area contributed by atoms with Crippen molar-refractivity contribution in [3.8, 4) is 12.3 Å². The van der Waals surface area contributed by atoms with Crippen LogP contribution in [0.5, 0.6) is 0 Å². The van der Waals surface area contributed by atoms with E-state index in [0.29, 0.717) is 6.42 Å². The summed E-state index contributed by atoms with van der Waals surface area (Å²) in [7, 11) is -2.78. The number of nitrogens with two attached hydrogens (primary N) is 1. The van der Waals surface area contributed by atoms with Crippen LogP contribution in [0, 0.1) is 12.3 Å². The van der Waals surface area contributed by atoms with E-state index in [4.69, 9.17) is 12.2 Å². The standard InChI is InChI=1S/C13H16N2O4S/c1-4-10(5-2)15-20(17,18)12-7-6-9(14)8-11(12)13(16)19-3/h1,6-8,10,15H,5,14H2,2-3H3. The number of sulfonamides is 1. The summed E-state index contributed by atoms with van der Waals surface area (Å²) in [6.07, 6.45) is 5.66. The number of benzene rings is 1. The quantitative estimate of drug-likeness (QED) is 0.474. The van der Waals surface area contributed by atoms with Crippen LogP contribution < -0.4 is 10.5 Å². The number of carbonyl (C=O) groups is 1. The highest BCUT2D eigenvalue weighted by Crippen LogP contribution is 2.20. The fourth-order valence-electron chi connectivity index (χ4n) is 1.54. The van der Waals surface area contributed by atoms with Crippen LogP contribution >= 0.6 is 0 Å². The average Bonchev–Trinajstić information content (AvgIpc) is 2.43. The predicted octanol–water partition coefficient (Wildman–Crippen LogP) is 0.746. The minimum Gasteiger partial charge on any atom is -0.465 e. The number of ether oxygens (including phenoxy) is 1. The van der Waals surface area contributed by atoms with Crippen LogP contribution in [-0.2, 0) is 14.8 Å². The van der Waals surface area contributed by atoms with Gasteiger partial charge in [0, 0.05) is 5.69 Å². The topological polar surface area (TPSA) is 98.5 Å². The molecular weight excluding hydrogens is 280 g/mol. The molecule has 0 heterocycles. The van der Waals surface area contributed by atoms with Crippen LogP contribution in [0.4, 0.5) is 5.69 Å². The first-order chi connectivity index (χ1) is 9.35. The van der Waals surface area contributed by atoms with Crippen molar-refractivity contribution in [2.45, 2.75) is 24.3 Å². The Hall–Kier alpha value is -2.04. The van der Waals surface area contributed by atoms with E-state index in [0.717, 1.165) is 7.11 Å². The zero-order chi connectivity index (χ0) is 15.3. The van der Waals surface area contributed by atoms with Gasteiger partial charge in [0.25, 0.3) is 0 Å². The molecule has 20 heavy (non-hydrogen) atoms. The molecular formula is C13H16N2O4S. The third-order valence-corrected chi connectivity index (χ3v) is 4.14. The Morgan fingerprint density at radius 3 is 2.70 bits per heavy atom. The first kappa shape index (κ1) is 16.0. The second kappa shape index (κ2) is 6.41. The molecule has 108 valence electrons. The molecule has 3 N–H and O–H groups in total. The lowest BCUT2D eigenvalue weighted by Crippen LogP contribution is -2.34. The van der Waals surface area contributed by atoms with E-state index in [-0.39, 0.29) is 16.1 Å². The normalized spacial score (nSPS) is 12.4.